The molecule has 16 heavy (non-hydrogen) atoms. The maximum absolute atomic E-state index is 10.9. The summed E-state index contributed by atoms with van der Waals surface area (Å²) in [5, 5.41) is 0. The largest absolute Gasteiger partial charge is 0.432 e. The van der Waals surface area contributed by atoms with Gasteiger partial charge in [-0.05, 0) is 32.3 Å². The van der Waals surface area contributed by atoms with Crippen LogP contribution in [0.1, 0.15) is 59.3 Å². The Hall–Kier alpha value is -1.12. The van der Waals surface area contributed by atoms with E-state index >= 15 is 0 Å². The highest BCUT2D eigenvalue weighted by molar-refractivity contribution is 5.75. The minimum atomic E-state index is -0.287. The molecule has 0 spiro atoms. The molecule has 3 nitrogen and oxygen atoms in total. The molecule has 0 N–H and O–H groups in total. The van der Waals surface area contributed by atoms with E-state index in [2.05, 4.69) is 6.92 Å². The van der Waals surface area contributed by atoms with Gasteiger partial charge in [-0.2, -0.15) is 0 Å². The van der Waals surface area contributed by atoms with Crippen LogP contribution in [0.3, 0.4) is 0 Å². The van der Waals surface area contributed by atoms with Crippen LogP contribution in [0.15, 0.2) is 11.8 Å². The van der Waals surface area contributed by atoms with E-state index < -0.39 is 0 Å². The quantitative estimate of drug-likeness (QED) is 0.362. The van der Waals surface area contributed by atoms with Crippen molar-refractivity contribution in [1.82, 2.24) is 0 Å². The number of Topliss-reactive ketones (excluding diaryl/α,β-unsaturated/α-hetero) is 1. The van der Waals surface area contributed by atoms with Gasteiger partial charge in [0.2, 0.25) is 0 Å². The van der Waals surface area contributed by atoms with Gasteiger partial charge in [0.15, 0.2) is 0 Å². The number of ketones is 1. The van der Waals surface area contributed by atoms with E-state index in [0.717, 1.165) is 25.7 Å². The first-order valence-corrected chi connectivity index (χ1v) is 5.93. The van der Waals surface area contributed by atoms with Crippen molar-refractivity contribution in [2.24, 2.45) is 0 Å². The van der Waals surface area contributed by atoms with Crippen LogP contribution >= 0.6 is 0 Å². The van der Waals surface area contributed by atoms with Gasteiger partial charge in [-0.3, -0.25) is 4.79 Å². The summed E-state index contributed by atoms with van der Waals surface area (Å²) in [5.74, 6) is 0.600. The van der Waals surface area contributed by atoms with Gasteiger partial charge in [0, 0.05) is 19.8 Å². The lowest BCUT2D eigenvalue weighted by Gasteiger charge is -2.06. The molecule has 0 aliphatic carbocycles. The molecule has 0 unspecified atom stereocenters. The van der Waals surface area contributed by atoms with Gasteiger partial charge in [0.1, 0.15) is 11.5 Å². The molecule has 0 amide bonds. The van der Waals surface area contributed by atoms with E-state index in [0.29, 0.717) is 18.6 Å². The zero-order valence-corrected chi connectivity index (χ0v) is 10.5. The Kier molecular flexibility index (Phi) is 8.49. The predicted molar refractivity (Wildman–Crippen MR) is 63.9 cm³/mol. The number of unbranched alkanes of at least 4 members (excludes halogenated alkanes) is 2. The standard InChI is InChI=1S/C13H22O3/c1-4-5-6-9-13(16-12(3)15)10-7-8-11(2)14/h9H,4-8,10H2,1-3H3/b13-9-. The van der Waals surface area contributed by atoms with Crippen LogP contribution in [-0.4, -0.2) is 11.8 Å². The molecule has 0 aromatic rings. The Morgan fingerprint density at radius 2 is 1.81 bits per heavy atom. The Morgan fingerprint density at radius 1 is 1.12 bits per heavy atom. The summed E-state index contributed by atoms with van der Waals surface area (Å²) in [5.41, 5.74) is 0. The zero-order valence-electron chi connectivity index (χ0n) is 10.5. The Balaban J connectivity index is 4.03. The van der Waals surface area contributed by atoms with E-state index in [1.807, 2.05) is 6.08 Å². The Morgan fingerprint density at radius 3 is 2.31 bits per heavy atom. The lowest BCUT2D eigenvalue weighted by Crippen LogP contribution is -2.00. The van der Waals surface area contributed by atoms with E-state index in [-0.39, 0.29) is 11.8 Å². The normalized spacial score (nSPS) is 11.3. The van der Waals surface area contributed by atoms with Gasteiger partial charge in [-0.1, -0.05) is 13.3 Å². The van der Waals surface area contributed by atoms with E-state index in [4.69, 9.17) is 4.74 Å². The number of hydrogen-bond donors (Lipinski definition) is 0. The molecule has 0 atom stereocenters. The molecular weight excluding hydrogens is 204 g/mol. The average molecular weight is 226 g/mol. The van der Waals surface area contributed by atoms with Crippen molar-refractivity contribution < 1.29 is 14.3 Å². The number of rotatable bonds is 8. The van der Waals surface area contributed by atoms with Crippen molar-refractivity contribution in [3.63, 3.8) is 0 Å². The highest BCUT2D eigenvalue weighted by Crippen LogP contribution is 2.12. The molecule has 92 valence electrons. The second-order valence-electron chi connectivity index (χ2n) is 3.96. The zero-order chi connectivity index (χ0) is 12.4. The minimum Gasteiger partial charge on any atom is -0.432 e. The average Bonchev–Trinajstić information content (AvgIpc) is 2.16. The van der Waals surface area contributed by atoms with E-state index in [1.165, 1.54) is 6.92 Å². The number of allylic oxidation sites excluding steroid dienone is 2. The third kappa shape index (κ3) is 9.44. The van der Waals surface area contributed by atoms with E-state index in [1.54, 1.807) is 6.92 Å². The molecule has 0 heterocycles. The topological polar surface area (TPSA) is 43.4 Å². The van der Waals surface area contributed by atoms with Gasteiger partial charge in [-0.15, -0.1) is 0 Å². The lowest BCUT2D eigenvalue weighted by atomic mass is 10.1. The smallest absolute Gasteiger partial charge is 0.307 e. The van der Waals surface area contributed by atoms with Crippen LogP contribution in [0.5, 0.6) is 0 Å². The highest BCUT2D eigenvalue weighted by Gasteiger charge is 2.03. The van der Waals surface area contributed by atoms with Crippen LogP contribution in [-0.2, 0) is 14.3 Å². The molecule has 3 heteroatoms. The van der Waals surface area contributed by atoms with Crippen molar-refractivity contribution in [2.75, 3.05) is 0 Å². The molecule has 0 aromatic heterocycles. The molecule has 0 radical (unpaired) electrons. The van der Waals surface area contributed by atoms with Gasteiger partial charge in [0.05, 0.1) is 0 Å². The van der Waals surface area contributed by atoms with Gasteiger partial charge >= 0.3 is 5.97 Å². The summed E-state index contributed by atoms with van der Waals surface area (Å²) in [7, 11) is 0. The molecule has 0 rings (SSSR count). The van der Waals surface area contributed by atoms with Crippen LogP contribution in [0, 0.1) is 0 Å². The SMILES string of the molecule is CCCC/C=C(/CCCC(C)=O)OC(C)=O. The molecule has 0 fully saturated rings. The van der Waals surface area contributed by atoms with Crippen LogP contribution in [0.2, 0.25) is 0 Å². The summed E-state index contributed by atoms with van der Waals surface area (Å²) in [6, 6.07) is 0. The Labute approximate surface area is 97.9 Å². The number of carbonyl (C=O) groups is 2. The third-order valence-electron chi connectivity index (χ3n) is 2.16. The summed E-state index contributed by atoms with van der Waals surface area (Å²) in [6.45, 7) is 5.10. The van der Waals surface area contributed by atoms with Gasteiger partial charge in [-0.25, -0.2) is 0 Å². The molecule has 0 aliphatic rings. The number of carbonyl (C=O) groups excluding carboxylic acids is 2. The molecule has 0 bridgehead atoms. The first kappa shape index (κ1) is 14.9. The predicted octanol–water partition coefficient (Wildman–Crippen LogP) is 3.38. The molecule has 0 aromatic carbocycles. The number of esters is 1. The fourth-order valence-corrected chi connectivity index (χ4v) is 1.36. The van der Waals surface area contributed by atoms with Crippen molar-refractivity contribution in [1.29, 1.82) is 0 Å². The van der Waals surface area contributed by atoms with Crippen LogP contribution in [0.4, 0.5) is 0 Å². The van der Waals surface area contributed by atoms with E-state index in [9.17, 15) is 9.59 Å². The molecule has 0 saturated heterocycles. The van der Waals surface area contributed by atoms with Crippen LogP contribution in [0.25, 0.3) is 0 Å². The second-order valence-corrected chi connectivity index (χ2v) is 3.96. The molecular formula is C13H22O3. The highest BCUT2D eigenvalue weighted by atomic mass is 16.5. The summed E-state index contributed by atoms with van der Waals surface area (Å²) >= 11 is 0. The van der Waals surface area contributed by atoms with Crippen LogP contribution < -0.4 is 0 Å². The van der Waals surface area contributed by atoms with Crippen molar-refractivity contribution >= 4 is 11.8 Å². The monoisotopic (exact) mass is 226 g/mol. The summed E-state index contributed by atoms with van der Waals surface area (Å²) in [6.07, 6.45) is 7.08. The fraction of sp³-hybridized carbons (Fsp3) is 0.692. The van der Waals surface area contributed by atoms with Crippen molar-refractivity contribution in [3.8, 4) is 0 Å². The third-order valence-corrected chi connectivity index (χ3v) is 2.16. The first-order chi connectivity index (χ1) is 7.56. The summed E-state index contributed by atoms with van der Waals surface area (Å²) < 4.78 is 5.09. The molecule has 0 saturated carbocycles. The first-order valence-electron chi connectivity index (χ1n) is 5.93. The maximum atomic E-state index is 10.9. The van der Waals surface area contributed by atoms with Gasteiger partial charge in [0.25, 0.3) is 0 Å². The second kappa shape index (κ2) is 9.13. The van der Waals surface area contributed by atoms with Gasteiger partial charge < -0.3 is 9.53 Å². The molecule has 0 aliphatic heterocycles. The number of hydrogen-bond acceptors (Lipinski definition) is 3. The Bertz CT molecular complexity index is 254. The number of ether oxygens (including phenoxy) is 1. The minimum absolute atomic E-state index is 0.177. The maximum Gasteiger partial charge on any atom is 0.307 e. The van der Waals surface area contributed by atoms with Crippen molar-refractivity contribution in [3.05, 3.63) is 11.8 Å². The lowest BCUT2D eigenvalue weighted by molar-refractivity contribution is -0.137. The van der Waals surface area contributed by atoms with Crippen molar-refractivity contribution in [2.45, 2.75) is 59.3 Å². The summed E-state index contributed by atoms with van der Waals surface area (Å²) in [4.78, 5) is 21.6. The fourth-order valence-electron chi connectivity index (χ4n) is 1.36.